The fourth-order valence-electron chi connectivity index (χ4n) is 3.37. The number of benzene rings is 1. The molecule has 1 atom stereocenters. The third-order valence-electron chi connectivity index (χ3n) is 4.73. The molecule has 1 aliphatic rings. The lowest BCUT2D eigenvalue weighted by Gasteiger charge is -2.23. The van der Waals surface area contributed by atoms with Crippen LogP contribution in [0, 0.1) is 0 Å². The molecule has 1 unspecified atom stereocenters. The van der Waals surface area contributed by atoms with Gasteiger partial charge in [-0.1, -0.05) is 0 Å². The van der Waals surface area contributed by atoms with E-state index in [1.165, 1.54) is 5.01 Å². The van der Waals surface area contributed by atoms with Gasteiger partial charge in [-0.3, -0.25) is 14.5 Å². The largest absolute Gasteiger partial charge is 0.497 e. The molecule has 2 aromatic rings. The van der Waals surface area contributed by atoms with Gasteiger partial charge in [0.1, 0.15) is 17.6 Å². The minimum absolute atomic E-state index is 0.0557. The Bertz CT molecular complexity index is 890. The zero-order valence-corrected chi connectivity index (χ0v) is 17.8. The van der Waals surface area contributed by atoms with Gasteiger partial charge >= 0.3 is 0 Å². The van der Waals surface area contributed by atoms with Gasteiger partial charge < -0.3 is 14.5 Å². The smallest absolute Gasteiger partial charge is 0.257 e. The van der Waals surface area contributed by atoms with Gasteiger partial charge in [0.25, 0.3) is 5.91 Å². The van der Waals surface area contributed by atoms with E-state index in [1.54, 1.807) is 31.4 Å². The van der Waals surface area contributed by atoms with Crippen LogP contribution in [-0.4, -0.2) is 60.7 Å². The molecule has 1 aliphatic heterocycles. The summed E-state index contributed by atoms with van der Waals surface area (Å²) < 4.78 is 10.8. The Morgan fingerprint density at radius 1 is 1.27 bits per heavy atom. The summed E-state index contributed by atoms with van der Waals surface area (Å²) in [6.07, 6.45) is 2.13. The Labute approximate surface area is 176 Å². The van der Waals surface area contributed by atoms with E-state index in [0.29, 0.717) is 12.2 Å². The second kappa shape index (κ2) is 9.58. The number of ether oxygens (including phenoxy) is 1. The summed E-state index contributed by atoms with van der Waals surface area (Å²) in [4.78, 5) is 26.7. The van der Waals surface area contributed by atoms with Crippen molar-refractivity contribution in [2.24, 2.45) is 5.10 Å². The van der Waals surface area contributed by atoms with Crippen molar-refractivity contribution in [2.45, 2.75) is 32.4 Å². The molecule has 8 nitrogen and oxygen atoms in total. The molecule has 1 aromatic carbocycles. The fraction of sp³-hybridized carbons (Fsp3) is 0.409. The third-order valence-corrected chi connectivity index (χ3v) is 4.73. The number of furan rings is 1. The Morgan fingerprint density at radius 2 is 2.00 bits per heavy atom. The van der Waals surface area contributed by atoms with Crippen molar-refractivity contribution in [1.82, 2.24) is 15.2 Å². The van der Waals surface area contributed by atoms with E-state index in [0.717, 1.165) is 17.0 Å². The maximum Gasteiger partial charge on any atom is 0.257 e. The Hall–Kier alpha value is -3.13. The lowest BCUT2D eigenvalue weighted by molar-refractivity contribution is -0.134. The van der Waals surface area contributed by atoms with Gasteiger partial charge in [0.05, 0.1) is 32.2 Å². The summed E-state index contributed by atoms with van der Waals surface area (Å²) in [6, 6.07) is 11.0. The molecule has 2 amide bonds. The van der Waals surface area contributed by atoms with Crippen LogP contribution in [0.4, 0.5) is 0 Å². The fourth-order valence-corrected chi connectivity index (χ4v) is 3.37. The number of hydrogen-bond acceptors (Lipinski definition) is 6. The minimum Gasteiger partial charge on any atom is -0.497 e. The topological polar surface area (TPSA) is 87.4 Å². The Balaban J connectivity index is 1.75. The average Bonchev–Trinajstić information content (AvgIpc) is 3.36. The van der Waals surface area contributed by atoms with Gasteiger partial charge in [-0.2, -0.15) is 5.10 Å². The van der Waals surface area contributed by atoms with E-state index in [9.17, 15) is 9.59 Å². The predicted molar refractivity (Wildman–Crippen MR) is 113 cm³/mol. The standard InChI is InChI=1S/C22H28N4O4/c1-15(2)23-21(27)13-25(3)14-22(28)26-19(20-6-5-11-30-20)12-18(24-26)16-7-9-17(29-4)10-8-16/h5-11,15,19H,12-14H2,1-4H3,(H,23,27). The van der Waals surface area contributed by atoms with Gasteiger partial charge in [0, 0.05) is 12.5 Å². The predicted octanol–water partition coefficient (Wildman–Crippen LogP) is 2.42. The van der Waals surface area contributed by atoms with Crippen molar-refractivity contribution in [3.05, 3.63) is 54.0 Å². The number of carbonyl (C=O) groups is 2. The van der Waals surface area contributed by atoms with Crippen LogP contribution in [0.1, 0.15) is 37.6 Å². The number of carbonyl (C=O) groups excluding carboxylic acids is 2. The molecule has 3 rings (SSSR count). The summed E-state index contributed by atoms with van der Waals surface area (Å²) in [7, 11) is 3.36. The molecule has 2 heterocycles. The zero-order valence-electron chi connectivity index (χ0n) is 17.8. The molecule has 30 heavy (non-hydrogen) atoms. The van der Waals surface area contributed by atoms with Crippen molar-refractivity contribution in [3.8, 4) is 5.75 Å². The first kappa shape index (κ1) is 21.6. The van der Waals surface area contributed by atoms with Gasteiger partial charge in [-0.15, -0.1) is 0 Å². The van der Waals surface area contributed by atoms with Gasteiger partial charge in [0.2, 0.25) is 5.91 Å². The van der Waals surface area contributed by atoms with Crippen molar-refractivity contribution >= 4 is 17.5 Å². The van der Waals surface area contributed by atoms with Crippen LogP contribution in [0.3, 0.4) is 0 Å². The SMILES string of the molecule is COc1ccc(C2=NN(C(=O)CN(C)CC(=O)NC(C)C)C(c3ccco3)C2)cc1. The van der Waals surface area contributed by atoms with E-state index in [4.69, 9.17) is 9.15 Å². The molecule has 8 heteroatoms. The number of amides is 2. The lowest BCUT2D eigenvalue weighted by atomic mass is 10.0. The molecule has 160 valence electrons. The van der Waals surface area contributed by atoms with Crippen LogP contribution in [-0.2, 0) is 9.59 Å². The second-order valence-corrected chi connectivity index (χ2v) is 7.64. The molecule has 1 N–H and O–H groups in total. The molecular weight excluding hydrogens is 384 g/mol. The minimum atomic E-state index is -0.317. The quantitative estimate of drug-likeness (QED) is 0.720. The first-order valence-corrected chi connectivity index (χ1v) is 9.92. The first-order valence-electron chi connectivity index (χ1n) is 9.92. The third kappa shape index (κ3) is 5.27. The monoisotopic (exact) mass is 412 g/mol. The molecular formula is C22H28N4O4. The number of rotatable bonds is 8. The highest BCUT2D eigenvalue weighted by atomic mass is 16.5. The van der Waals surface area contributed by atoms with Crippen LogP contribution in [0.5, 0.6) is 5.75 Å². The normalized spacial score (nSPS) is 16.1. The lowest BCUT2D eigenvalue weighted by Crippen LogP contribution is -2.42. The van der Waals surface area contributed by atoms with Crippen LogP contribution in [0.25, 0.3) is 0 Å². The number of hydrogen-bond donors (Lipinski definition) is 1. The number of methoxy groups -OCH3 is 1. The van der Waals surface area contributed by atoms with E-state index in [1.807, 2.05) is 44.2 Å². The number of nitrogens with one attached hydrogen (secondary N) is 1. The summed E-state index contributed by atoms with van der Waals surface area (Å²) in [5, 5.41) is 8.90. The molecule has 0 bridgehead atoms. The van der Waals surface area contributed by atoms with E-state index in [-0.39, 0.29) is 37.0 Å². The molecule has 0 spiro atoms. The van der Waals surface area contributed by atoms with Crippen molar-refractivity contribution in [2.75, 3.05) is 27.2 Å². The van der Waals surface area contributed by atoms with E-state index < -0.39 is 0 Å². The van der Waals surface area contributed by atoms with Gasteiger partial charge in [-0.05, 0) is 62.9 Å². The number of likely N-dealkylation sites (N-methyl/N-ethyl adjacent to an activating group) is 1. The molecule has 0 saturated heterocycles. The average molecular weight is 412 g/mol. The first-order chi connectivity index (χ1) is 14.4. The highest BCUT2D eigenvalue weighted by Crippen LogP contribution is 2.33. The van der Waals surface area contributed by atoms with Crippen LogP contribution in [0.2, 0.25) is 0 Å². The number of hydrazone groups is 1. The summed E-state index contributed by atoms with van der Waals surface area (Å²) in [6.45, 7) is 4.01. The summed E-state index contributed by atoms with van der Waals surface area (Å²) in [5.74, 6) is 1.12. The van der Waals surface area contributed by atoms with E-state index in [2.05, 4.69) is 10.4 Å². The maximum atomic E-state index is 13.0. The van der Waals surface area contributed by atoms with Gasteiger partial charge in [0.15, 0.2) is 0 Å². The Morgan fingerprint density at radius 3 is 2.60 bits per heavy atom. The van der Waals surface area contributed by atoms with Crippen molar-refractivity contribution in [3.63, 3.8) is 0 Å². The maximum absolute atomic E-state index is 13.0. The molecule has 0 fully saturated rings. The summed E-state index contributed by atoms with van der Waals surface area (Å²) in [5.41, 5.74) is 1.72. The molecule has 0 aliphatic carbocycles. The highest BCUT2D eigenvalue weighted by molar-refractivity contribution is 6.03. The Kier molecular flexibility index (Phi) is 6.89. The molecule has 0 saturated carbocycles. The zero-order chi connectivity index (χ0) is 21.7. The number of nitrogens with zero attached hydrogens (tertiary/aromatic N) is 3. The van der Waals surface area contributed by atoms with Gasteiger partial charge in [-0.25, -0.2) is 5.01 Å². The second-order valence-electron chi connectivity index (χ2n) is 7.64. The van der Waals surface area contributed by atoms with E-state index >= 15 is 0 Å². The molecule has 1 aromatic heterocycles. The highest BCUT2D eigenvalue weighted by Gasteiger charge is 2.35. The van der Waals surface area contributed by atoms with Crippen molar-refractivity contribution in [1.29, 1.82) is 0 Å². The van der Waals surface area contributed by atoms with Crippen LogP contribution < -0.4 is 10.1 Å². The van der Waals surface area contributed by atoms with Crippen molar-refractivity contribution < 1.29 is 18.7 Å². The summed E-state index contributed by atoms with van der Waals surface area (Å²) >= 11 is 0. The molecule has 0 radical (unpaired) electrons. The van der Waals surface area contributed by atoms with Crippen LogP contribution >= 0.6 is 0 Å². The van der Waals surface area contributed by atoms with Crippen LogP contribution in [0.15, 0.2) is 52.2 Å².